The first-order valence-electron chi connectivity index (χ1n) is 8.19. The molecule has 0 saturated heterocycles. The summed E-state index contributed by atoms with van der Waals surface area (Å²) in [5.41, 5.74) is 1.91. The summed E-state index contributed by atoms with van der Waals surface area (Å²) in [5.74, 6) is 0.962. The van der Waals surface area contributed by atoms with Crippen LogP contribution in [-0.2, 0) is 5.41 Å². The van der Waals surface area contributed by atoms with Crippen molar-refractivity contribution in [2.75, 3.05) is 19.7 Å². The molecular formula is C19H33NO. The Hall–Kier alpha value is -1.02. The fourth-order valence-corrected chi connectivity index (χ4v) is 2.97. The van der Waals surface area contributed by atoms with Gasteiger partial charge in [-0.05, 0) is 47.9 Å². The number of nitrogens with one attached hydrogen (secondary N) is 1. The van der Waals surface area contributed by atoms with Crippen molar-refractivity contribution in [1.82, 2.24) is 5.32 Å². The van der Waals surface area contributed by atoms with Crippen LogP contribution in [0.25, 0.3) is 0 Å². The Labute approximate surface area is 131 Å². The van der Waals surface area contributed by atoms with Gasteiger partial charge in [0.1, 0.15) is 12.4 Å². The lowest BCUT2D eigenvalue weighted by molar-refractivity contribution is 0.283. The molecule has 0 amide bonds. The molecule has 0 heterocycles. The molecule has 120 valence electrons. The zero-order valence-corrected chi connectivity index (χ0v) is 14.8. The van der Waals surface area contributed by atoms with Gasteiger partial charge in [-0.1, -0.05) is 53.7 Å². The number of ether oxygens (including phenoxy) is 1. The molecule has 0 aromatic heterocycles. The Kier molecular flexibility index (Phi) is 6.73. The molecule has 0 saturated carbocycles. The van der Waals surface area contributed by atoms with Crippen LogP contribution in [0.4, 0.5) is 0 Å². The first kappa shape index (κ1) is 18.0. The Balaban J connectivity index is 2.53. The van der Waals surface area contributed by atoms with Crippen molar-refractivity contribution in [3.8, 4) is 5.75 Å². The Morgan fingerprint density at radius 2 is 1.57 bits per heavy atom. The highest BCUT2D eigenvalue weighted by molar-refractivity contribution is 5.31. The van der Waals surface area contributed by atoms with Crippen molar-refractivity contribution < 1.29 is 4.74 Å². The zero-order chi connectivity index (χ0) is 15.9. The molecule has 21 heavy (non-hydrogen) atoms. The topological polar surface area (TPSA) is 21.3 Å². The van der Waals surface area contributed by atoms with E-state index in [2.05, 4.69) is 71.1 Å². The largest absolute Gasteiger partial charge is 0.492 e. The summed E-state index contributed by atoms with van der Waals surface area (Å²) in [6.45, 7) is 16.4. The van der Waals surface area contributed by atoms with Gasteiger partial charge in [0.15, 0.2) is 0 Å². The van der Waals surface area contributed by atoms with Crippen molar-refractivity contribution in [3.63, 3.8) is 0 Å². The lowest BCUT2D eigenvalue weighted by Crippen LogP contribution is -2.24. The van der Waals surface area contributed by atoms with Gasteiger partial charge in [0.05, 0.1) is 0 Å². The van der Waals surface area contributed by atoms with Gasteiger partial charge in [-0.25, -0.2) is 0 Å². The summed E-state index contributed by atoms with van der Waals surface area (Å²) in [7, 11) is 0. The highest BCUT2D eigenvalue weighted by atomic mass is 16.5. The molecule has 0 atom stereocenters. The van der Waals surface area contributed by atoms with Crippen LogP contribution in [0.15, 0.2) is 24.3 Å². The molecule has 2 nitrogen and oxygen atoms in total. The van der Waals surface area contributed by atoms with Gasteiger partial charge in [0.2, 0.25) is 0 Å². The normalized spacial score (nSPS) is 12.5. The van der Waals surface area contributed by atoms with Crippen molar-refractivity contribution in [2.24, 2.45) is 5.41 Å². The molecule has 0 radical (unpaired) electrons. The molecule has 0 aliphatic heterocycles. The van der Waals surface area contributed by atoms with Crippen LogP contribution < -0.4 is 10.1 Å². The van der Waals surface area contributed by atoms with E-state index in [1.807, 2.05) is 0 Å². The average molecular weight is 291 g/mol. The minimum Gasteiger partial charge on any atom is -0.492 e. The molecule has 0 fully saturated rings. The highest BCUT2D eigenvalue weighted by Crippen LogP contribution is 2.36. The summed E-state index contributed by atoms with van der Waals surface area (Å²) in [6, 6.07) is 8.61. The lowest BCUT2D eigenvalue weighted by Gasteiger charge is -2.33. The molecule has 0 unspecified atom stereocenters. The molecule has 1 aromatic carbocycles. The van der Waals surface area contributed by atoms with Gasteiger partial charge in [-0.2, -0.15) is 0 Å². The van der Waals surface area contributed by atoms with Crippen LogP contribution in [0.3, 0.4) is 0 Å². The second-order valence-corrected chi connectivity index (χ2v) is 7.74. The molecule has 1 N–H and O–H groups in total. The predicted octanol–water partition coefficient (Wildman–Crippen LogP) is 4.78. The van der Waals surface area contributed by atoms with E-state index in [0.29, 0.717) is 5.41 Å². The summed E-state index contributed by atoms with van der Waals surface area (Å²) in [6.07, 6.45) is 2.33. The van der Waals surface area contributed by atoms with Crippen LogP contribution in [0.2, 0.25) is 0 Å². The summed E-state index contributed by atoms with van der Waals surface area (Å²) in [5, 5.41) is 3.34. The molecular weight excluding hydrogens is 258 g/mol. The van der Waals surface area contributed by atoms with Gasteiger partial charge in [-0.3, -0.25) is 0 Å². The van der Waals surface area contributed by atoms with E-state index in [-0.39, 0.29) is 5.41 Å². The average Bonchev–Trinajstić information content (AvgIpc) is 2.36. The van der Waals surface area contributed by atoms with Crippen LogP contribution in [0.1, 0.15) is 59.9 Å². The number of hydrogen-bond donors (Lipinski definition) is 1. The molecule has 1 aromatic rings. The maximum absolute atomic E-state index is 5.76. The maximum Gasteiger partial charge on any atom is 0.119 e. The van der Waals surface area contributed by atoms with E-state index in [1.165, 1.54) is 12.0 Å². The predicted molar refractivity (Wildman–Crippen MR) is 92.2 cm³/mol. The minimum absolute atomic E-state index is 0.194. The Bertz CT molecular complexity index is 401. The van der Waals surface area contributed by atoms with E-state index in [0.717, 1.165) is 31.9 Å². The minimum atomic E-state index is 0.194. The summed E-state index contributed by atoms with van der Waals surface area (Å²) >= 11 is 0. The highest BCUT2D eigenvalue weighted by Gasteiger charge is 2.27. The lowest BCUT2D eigenvalue weighted by atomic mass is 9.72. The Morgan fingerprint density at radius 3 is 2.10 bits per heavy atom. The van der Waals surface area contributed by atoms with Gasteiger partial charge >= 0.3 is 0 Å². The number of rotatable bonds is 8. The third-order valence-corrected chi connectivity index (χ3v) is 3.58. The summed E-state index contributed by atoms with van der Waals surface area (Å²) < 4.78 is 5.76. The number of benzene rings is 1. The van der Waals surface area contributed by atoms with Gasteiger partial charge < -0.3 is 10.1 Å². The van der Waals surface area contributed by atoms with Gasteiger partial charge in [-0.15, -0.1) is 0 Å². The van der Waals surface area contributed by atoms with Crippen molar-refractivity contribution >= 4 is 0 Å². The van der Waals surface area contributed by atoms with Crippen LogP contribution in [0, 0.1) is 5.41 Å². The second-order valence-electron chi connectivity index (χ2n) is 7.74. The molecule has 0 aliphatic carbocycles. The van der Waals surface area contributed by atoms with E-state index in [4.69, 9.17) is 4.74 Å². The third-order valence-electron chi connectivity index (χ3n) is 3.58. The second kappa shape index (κ2) is 7.84. The quantitative estimate of drug-likeness (QED) is 0.696. The molecule has 0 bridgehead atoms. The first-order valence-corrected chi connectivity index (χ1v) is 8.19. The molecule has 1 rings (SSSR count). The van der Waals surface area contributed by atoms with E-state index in [1.54, 1.807) is 0 Å². The van der Waals surface area contributed by atoms with Crippen molar-refractivity contribution in [2.45, 2.75) is 59.8 Å². The third kappa shape index (κ3) is 6.99. The fraction of sp³-hybridized carbons (Fsp3) is 0.684. The first-order chi connectivity index (χ1) is 9.74. The van der Waals surface area contributed by atoms with E-state index >= 15 is 0 Å². The maximum atomic E-state index is 5.76. The molecule has 2 heteroatoms. The molecule has 0 aliphatic rings. The van der Waals surface area contributed by atoms with Gasteiger partial charge in [0, 0.05) is 6.54 Å². The fourth-order valence-electron chi connectivity index (χ4n) is 2.97. The van der Waals surface area contributed by atoms with Crippen LogP contribution in [0.5, 0.6) is 5.75 Å². The molecule has 0 spiro atoms. The van der Waals surface area contributed by atoms with Crippen LogP contribution in [-0.4, -0.2) is 19.7 Å². The standard InChI is InChI=1S/C19H33NO/c1-7-12-20-13-14-21-17-10-8-16(9-11-17)19(5,6)15-18(2,3)4/h8-11,20H,7,12-15H2,1-6H3. The van der Waals surface area contributed by atoms with E-state index < -0.39 is 0 Å². The Morgan fingerprint density at radius 1 is 0.952 bits per heavy atom. The smallest absolute Gasteiger partial charge is 0.119 e. The zero-order valence-electron chi connectivity index (χ0n) is 14.8. The van der Waals surface area contributed by atoms with Crippen molar-refractivity contribution in [3.05, 3.63) is 29.8 Å². The van der Waals surface area contributed by atoms with Gasteiger partial charge in [0.25, 0.3) is 0 Å². The SMILES string of the molecule is CCCNCCOc1ccc(C(C)(C)CC(C)(C)C)cc1. The summed E-state index contributed by atoms with van der Waals surface area (Å²) in [4.78, 5) is 0. The van der Waals surface area contributed by atoms with Crippen LogP contribution >= 0.6 is 0 Å². The van der Waals surface area contributed by atoms with Crippen molar-refractivity contribution in [1.29, 1.82) is 0 Å². The van der Waals surface area contributed by atoms with E-state index in [9.17, 15) is 0 Å². The monoisotopic (exact) mass is 291 g/mol. The number of hydrogen-bond acceptors (Lipinski definition) is 2.